The van der Waals surface area contributed by atoms with E-state index in [4.69, 9.17) is 9.47 Å². The highest BCUT2D eigenvalue weighted by Gasteiger charge is 2.61. The molecule has 0 bridgehead atoms. The van der Waals surface area contributed by atoms with Crippen LogP contribution in [0.1, 0.15) is 18.3 Å². The molecule has 2 aromatic heterocycles. The summed E-state index contributed by atoms with van der Waals surface area (Å²) in [5.74, 6) is 0. The van der Waals surface area contributed by atoms with Crippen LogP contribution >= 0.6 is 22.6 Å². The molecule has 0 unspecified atom stereocenters. The Morgan fingerprint density at radius 2 is 2.27 bits per heavy atom. The van der Waals surface area contributed by atoms with Gasteiger partial charge in [0.2, 0.25) is 0 Å². The van der Waals surface area contributed by atoms with E-state index in [1.807, 2.05) is 17.7 Å². The highest BCUT2D eigenvalue weighted by Crippen LogP contribution is 2.49. The first-order valence-corrected chi connectivity index (χ1v) is 8.22. The van der Waals surface area contributed by atoms with Crippen molar-refractivity contribution >= 4 is 33.6 Å². The first-order valence-electron chi connectivity index (χ1n) is 7.14. The molecule has 0 saturated carbocycles. The lowest BCUT2D eigenvalue weighted by Gasteiger charge is -2.44. The Bertz CT molecular complexity index is 730. The van der Waals surface area contributed by atoms with Crippen molar-refractivity contribution in [1.29, 1.82) is 0 Å². The molecule has 7 nitrogen and oxygen atoms in total. The number of aryl methyl sites for hydroxylation is 1. The van der Waals surface area contributed by atoms with Gasteiger partial charge in [-0.1, -0.05) is 0 Å². The van der Waals surface area contributed by atoms with E-state index in [0.717, 1.165) is 20.3 Å². The van der Waals surface area contributed by atoms with Gasteiger partial charge in [-0.2, -0.15) is 0 Å². The predicted molar refractivity (Wildman–Crippen MR) is 85.3 cm³/mol. The van der Waals surface area contributed by atoms with Gasteiger partial charge in [0.15, 0.2) is 6.23 Å². The Hall–Kier alpha value is -0.810. The number of ether oxygens (including phenoxy) is 2. The van der Waals surface area contributed by atoms with Crippen molar-refractivity contribution in [2.24, 2.45) is 0 Å². The van der Waals surface area contributed by atoms with Crippen molar-refractivity contribution in [3.8, 4) is 0 Å². The van der Waals surface area contributed by atoms with Crippen LogP contribution in [-0.4, -0.2) is 55.8 Å². The number of hydrogen-bond donors (Lipinski definition) is 2. The number of nitrogens with zero attached hydrogens (tertiary/aromatic N) is 3. The van der Waals surface area contributed by atoms with E-state index in [0.29, 0.717) is 13.0 Å². The fourth-order valence-corrected chi connectivity index (χ4v) is 4.32. The zero-order chi connectivity index (χ0) is 15.5. The summed E-state index contributed by atoms with van der Waals surface area (Å²) in [5.41, 5.74) is 0.845. The first kappa shape index (κ1) is 14.8. The SMILES string of the molecule is Cc1ncnc2c1c(I)cn2[C@@H]1O[C@H](CO)[C@@H](O)[C@]12CCO2. The first-order chi connectivity index (χ1) is 10.6. The topological polar surface area (TPSA) is 89.6 Å². The van der Waals surface area contributed by atoms with Gasteiger partial charge in [0, 0.05) is 16.2 Å². The Balaban J connectivity index is 1.87. The molecule has 2 N–H and O–H groups in total. The fourth-order valence-electron chi connectivity index (χ4n) is 3.39. The third-order valence-electron chi connectivity index (χ3n) is 4.62. The van der Waals surface area contributed by atoms with Crippen molar-refractivity contribution < 1.29 is 19.7 Å². The number of aromatic nitrogens is 3. The molecule has 2 aliphatic rings. The largest absolute Gasteiger partial charge is 0.394 e. The van der Waals surface area contributed by atoms with Crippen molar-refractivity contribution in [2.45, 2.75) is 37.4 Å². The Morgan fingerprint density at radius 3 is 2.91 bits per heavy atom. The smallest absolute Gasteiger partial charge is 0.167 e. The lowest BCUT2D eigenvalue weighted by molar-refractivity contribution is -0.225. The van der Waals surface area contributed by atoms with Crippen LogP contribution in [0.4, 0.5) is 0 Å². The highest BCUT2D eigenvalue weighted by atomic mass is 127. The molecule has 2 aliphatic heterocycles. The van der Waals surface area contributed by atoms with E-state index < -0.39 is 24.0 Å². The maximum absolute atomic E-state index is 10.5. The van der Waals surface area contributed by atoms with Gasteiger partial charge in [0.05, 0.1) is 24.3 Å². The maximum atomic E-state index is 10.5. The molecule has 0 aromatic carbocycles. The molecule has 0 amide bonds. The van der Waals surface area contributed by atoms with E-state index in [1.54, 1.807) is 0 Å². The number of fused-ring (bicyclic) bond motifs is 1. The molecule has 4 rings (SSSR count). The summed E-state index contributed by atoms with van der Waals surface area (Å²) in [6, 6.07) is 0. The van der Waals surface area contributed by atoms with Crippen molar-refractivity contribution in [3.63, 3.8) is 0 Å². The summed E-state index contributed by atoms with van der Waals surface area (Å²) in [4.78, 5) is 8.61. The minimum absolute atomic E-state index is 0.243. The van der Waals surface area contributed by atoms with Crippen LogP contribution in [0.2, 0.25) is 0 Å². The Labute approximate surface area is 140 Å². The molecule has 2 saturated heterocycles. The van der Waals surface area contributed by atoms with Crippen LogP contribution < -0.4 is 0 Å². The highest BCUT2D eigenvalue weighted by molar-refractivity contribution is 14.1. The van der Waals surface area contributed by atoms with Crippen molar-refractivity contribution in [2.75, 3.05) is 13.2 Å². The number of aliphatic hydroxyl groups is 2. The quantitative estimate of drug-likeness (QED) is 0.702. The summed E-state index contributed by atoms with van der Waals surface area (Å²) < 4.78 is 14.5. The number of aliphatic hydroxyl groups excluding tert-OH is 2. The fraction of sp³-hybridized carbons (Fsp3) is 0.571. The van der Waals surface area contributed by atoms with Crippen LogP contribution in [0.3, 0.4) is 0 Å². The summed E-state index contributed by atoms with van der Waals surface area (Å²) >= 11 is 2.24. The molecular weight excluding hydrogens is 401 g/mol. The monoisotopic (exact) mass is 417 g/mol. The second-order valence-electron chi connectivity index (χ2n) is 5.75. The molecule has 2 fully saturated rings. The van der Waals surface area contributed by atoms with Gasteiger partial charge in [-0.15, -0.1) is 0 Å². The van der Waals surface area contributed by atoms with Crippen LogP contribution in [0.15, 0.2) is 12.5 Å². The van der Waals surface area contributed by atoms with Crippen LogP contribution in [0.5, 0.6) is 0 Å². The summed E-state index contributed by atoms with van der Waals surface area (Å²) in [7, 11) is 0. The molecule has 1 spiro atoms. The van der Waals surface area contributed by atoms with Gasteiger partial charge in [0.25, 0.3) is 0 Å². The molecule has 0 aliphatic carbocycles. The third-order valence-corrected chi connectivity index (χ3v) is 5.44. The Kier molecular flexibility index (Phi) is 3.42. The number of hydrogen-bond acceptors (Lipinski definition) is 6. The number of halogens is 1. The third kappa shape index (κ3) is 1.81. The molecule has 22 heavy (non-hydrogen) atoms. The molecule has 0 radical (unpaired) electrons. The van der Waals surface area contributed by atoms with Crippen molar-refractivity contribution in [1.82, 2.24) is 14.5 Å². The van der Waals surface area contributed by atoms with Crippen LogP contribution in [0, 0.1) is 10.5 Å². The van der Waals surface area contributed by atoms with Crippen LogP contribution in [-0.2, 0) is 9.47 Å². The zero-order valence-corrected chi connectivity index (χ0v) is 14.1. The molecule has 2 aromatic rings. The van der Waals surface area contributed by atoms with E-state index in [9.17, 15) is 10.2 Å². The molecular formula is C14H16IN3O4. The van der Waals surface area contributed by atoms with Crippen LogP contribution in [0.25, 0.3) is 11.0 Å². The molecule has 4 atom stereocenters. The average Bonchev–Trinajstić information content (AvgIpc) is 2.94. The minimum atomic E-state index is -0.853. The summed E-state index contributed by atoms with van der Waals surface area (Å²) in [5, 5.41) is 20.9. The second kappa shape index (κ2) is 5.10. The Morgan fingerprint density at radius 1 is 1.50 bits per heavy atom. The zero-order valence-electron chi connectivity index (χ0n) is 11.9. The summed E-state index contributed by atoms with van der Waals surface area (Å²) in [6.45, 7) is 2.28. The molecule has 4 heterocycles. The van der Waals surface area contributed by atoms with Gasteiger partial charge in [-0.25, -0.2) is 9.97 Å². The van der Waals surface area contributed by atoms with E-state index in [-0.39, 0.29) is 6.61 Å². The lowest BCUT2D eigenvalue weighted by atomic mass is 9.86. The second-order valence-corrected chi connectivity index (χ2v) is 6.91. The summed E-state index contributed by atoms with van der Waals surface area (Å²) in [6.07, 6.45) is 2.14. The van der Waals surface area contributed by atoms with Gasteiger partial charge >= 0.3 is 0 Å². The van der Waals surface area contributed by atoms with E-state index in [1.165, 1.54) is 6.33 Å². The van der Waals surface area contributed by atoms with Gasteiger partial charge < -0.3 is 24.3 Å². The van der Waals surface area contributed by atoms with E-state index >= 15 is 0 Å². The normalized spacial score (nSPS) is 34.5. The van der Waals surface area contributed by atoms with Crippen molar-refractivity contribution in [3.05, 3.63) is 21.8 Å². The van der Waals surface area contributed by atoms with Gasteiger partial charge in [-0.3, -0.25) is 0 Å². The standard InChI is InChI=1S/C14H16IN3O4/c1-7-10-8(15)4-18(12(10)17-6-16-7)13-14(2-3-21-14)11(20)9(5-19)22-13/h4,6,9,11,13,19-20H,2-3,5H2,1H3/t9-,11-,13-,14-/m1/s1. The minimum Gasteiger partial charge on any atom is -0.394 e. The lowest BCUT2D eigenvalue weighted by Crippen LogP contribution is -2.56. The van der Waals surface area contributed by atoms with Gasteiger partial charge in [-0.05, 0) is 29.5 Å². The average molecular weight is 417 g/mol. The van der Waals surface area contributed by atoms with E-state index in [2.05, 4.69) is 32.6 Å². The maximum Gasteiger partial charge on any atom is 0.167 e. The predicted octanol–water partition coefficient (Wildman–Crippen LogP) is 0.754. The molecule has 118 valence electrons. The van der Waals surface area contributed by atoms with Gasteiger partial charge in [0.1, 0.15) is 29.8 Å². The number of rotatable bonds is 2. The molecule has 8 heteroatoms.